The number of rotatable bonds is 3. The molecule has 0 spiro atoms. The van der Waals surface area contributed by atoms with Gasteiger partial charge in [-0.2, -0.15) is 0 Å². The molecule has 0 heterocycles. The normalized spacial score (nSPS) is 17.6. The Balaban J connectivity index is 1.96. The van der Waals surface area contributed by atoms with E-state index in [1.165, 1.54) is 0 Å². The van der Waals surface area contributed by atoms with Crippen LogP contribution in [0.15, 0.2) is 24.3 Å². The Kier molecular flexibility index (Phi) is 3.17. The van der Waals surface area contributed by atoms with Crippen molar-refractivity contribution in [3.05, 3.63) is 34.9 Å². The average molecular weight is 240 g/mol. The summed E-state index contributed by atoms with van der Waals surface area (Å²) in [5, 5.41) is 13.0. The number of hydrogen-bond acceptors (Lipinski definition) is 2. The molecular formula is C12H14ClNO2. The number of amides is 1. The third-order valence-electron chi connectivity index (χ3n) is 2.98. The van der Waals surface area contributed by atoms with E-state index < -0.39 is 5.60 Å². The van der Waals surface area contributed by atoms with Gasteiger partial charge in [-0.25, -0.2) is 0 Å². The number of carbonyl (C=O) groups excluding carboxylic acids is 1. The molecule has 1 fully saturated rings. The highest BCUT2D eigenvalue weighted by Crippen LogP contribution is 2.30. The van der Waals surface area contributed by atoms with Crippen molar-refractivity contribution in [2.24, 2.45) is 0 Å². The minimum absolute atomic E-state index is 0.231. The average Bonchev–Trinajstić information content (AvgIpc) is 2.24. The number of aliphatic hydroxyl groups is 1. The van der Waals surface area contributed by atoms with Crippen LogP contribution < -0.4 is 5.32 Å². The first-order valence-electron chi connectivity index (χ1n) is 5.36. The van der Waals surface area contributed by atoms with Gasteiger partial charge in [-0.05, 0) is 31.4 Å². The molecule has 2 rings (SSSR count). The van der Waals surface area contributed by atoms with Crippen molar-refractivity contribution in [3.8, 4) is 0 Å². The third-order valence-corrected chi connectivity index (χ3v) is 3.31. The molecule has 1 aliphatic carbocycles. The topological polar surface area (TPSA) is 49.3 Å². The van der Waals surface area contributed by atoms with Gasteiger partial charge in [0.2, 0.25) is 0 Å². The quantitative estimate of drug-likeness (QED) is 0.848. The van der Waals surface area contributed by atoms with Crippen molar-refractivity contribution in [3.63, 3.8) is 0 Å². The molecule has 0 unspecified atom stereocenters. The van der Waals surface area contributed by atoms with Crippen molar-refractivity contribution < 1.29 is 9.90 Å². The molecule has 1 aromatic carbocycles. The van der Waals surface area contributed by atoms with Crippen LogP contribution >= 0.6 is 11.6 Å². The van der Waals surface area contributed by atoms with Crippen molar-refractivity contribution in [2.45, 2.75) is 24.9 Å². The maximum atomic E-state index is 11.7. The predicted octanol–water partition coefficient (Wildman–Crippen LogP) is 1.98. The Morgan fingerprint density at radius 2 is 2.12 bits per heavy atom. The van der Waals surface area contributed by atoms with Crippen LogP contribution in [-0.4, -0.2) is 23.2 Å². The maximum Gasteiger partial charge on any atom is 0.252 e. The summed E-state index contributed by atoms with van der Waals surface area (Å²) < 4.78 is 0. The van der Waals surface area contributed by atoms with Gasteiger partial charge in [-0.3, -0.25) is 4.79 Å². The van der Waals surface area contributed by atoms with Gasteiger partial charge in [0.15, 0.2) is 0 Å². The van der Waals surface area contributed by atoms with Crippen molar-refractivity contribution >= 4 is 17.5 Å². The second-order valence-electron chi connectivity index (χ2n) is 4.24. The molecule has 0 bridgehead atoms. The first kappa shape index (κ1) is 11.4. The van der Waals surface area contributed by atoms with E-state index in [1.54, 1.807) is 24.3 Å². The molecule has 86 valence electrons. The van der Waals surface area contributed by atoms with Gasteiger partial charge in [0.05, 0.1) is 16.2 Å². The monoisotopic (exact) mass is 239 g/mol. The van der Waals surface area contributed by atoms with E-state index in [0.717, 1.165) is 19.3 Å². The van der Waals surface area contributed by atoms with Crippen molar-refractivity contribution in [2.75, 3.05) is 6.54 Å². The van der Waals surface area contributed by atoms with E-state index in [4.69, 9.17) is 11.6 Å². The Labute approximate surface area is 99.4 Å². The van der Waals surface area contributed by atoms with Crippen LogP contribution in [0.25, 0.3) is 0 Å². The molecule has 0 radical (unpaired) electrons. The molecule has 0 saturated heterocycles. The van der Waals surface area contributed by atoms with Gasteiger partial charge in [0.25, 0.3) is 5.91 Å². The van der Waals surface area contributed by atoms with Gasteiger partial charge in [0, 0.05) is 6.54 Å². The minimum atomic E-state index is -0.698. The standard InChI is InChI=1S/C12H14ClNO2/c13-10-5-2-1-4-9(10)11(15)14-8-12(16)6-3-7-12/h1-2,4-5,16H,3,6-8H2,(H,14,15). The van der Waals surface area contributed by atoms with Gasteiger partial charge in [0.1, 0.15) is 0 Å². The van der Waals surface area contributed by atoms with Gasteiger partial charge in [-0.1, -0.05) is 23.7 Å². The maximum absolute atomic E-state index is 11.7. The van der Waals surface area contributed by atoms with Crippen molar-refractivity contribution in [1.82, 2.24) is 5.32 Å². The summed E-state index contributed by atoms with van der Waals surface area (Å²) in [6.45, 7) is 0.303. The molecule has 3 nitrogen and oxygen atoms in total. The number of carbonyl (C=O) groups is 1. The van der Waals surface area contributed by atoms with Crippen LogP contribution in [0.1, 0.15) is 29.6 Å². The predicted molar refractivity (Wildman–Crippen MR) is 62.6 cm³/mol. The largest absolute Gasteiger partial charge is 0.388 e. The first-order valence-corrected chi connectivity index (χ1v) is 5.74. The summed E-state index contributed by atoms with van der Waals surface area (Å²) in [7, 11) is 0. The summed E-state index contributed by atoms with van der Waals surface area (Å²) in [6.07, 6.45) is 2.55. The van der Waals surface area contributed by atoms with Gasteiger partial charge in [-0.15, -0.1) is 0 Å². The third kappa shape index (κ3) is 2.36. The number of nitrogens with one attached hydrogen (secondary N) is 1. The molecular weight excluding hydrogens is 226 g/mol. The van der Waals surface area contributed by atoms with Crippen LogP contribution in [0.4, 0.5) is 0 Å². The molecule has 1 aromatic rings. The highest BCUT2D eigenvalue weighted by molar-refractivity contribution is 6.33. The van der Waals surface area contributed by atoms with Gasteiger partial charge >= 0.3 is 0 Å². The second-order valence-corrected chi connectivity index (χ2v) is 4.65. The van der Waals surface area contributed by atoms with Crippen LogP contribution in [0.5, 0.6) is 0 Å². The fourth-order valence-corrected chi connectivity index (χ4v) is 1.97. The van der Waals surface area contributed by atoms with Crippen molar-refractivity contribution in [1.29, 1.82) is 0 Å². The fraction of sp³-hybridized carbons (Fsp3) is 0.417. The fourth-order valence-electron chi connectivity index (χ4n) is 1.75. The Hall–Kier alpha value is -1.06. The zero-order valence-electron chi connectivity index (χ0n) is 8.87. The van der Waals surface area contributed by atoms with Crippen LogP contribution in [-0.2, 0) is 0 Å². The van der Waals surface area contributed by atoms with Crippen LogP contribution in [0.2, 0.25) is 5.02 Å². The van der Waals surface area contributed by atoms with E-state index in [-0.39, 0.29) is 5.91 Å². The van der Waals surface area contributed by atoms with E-state index in [2.05, 4.69) is 5.32 Å². The zero-order chi connectivity index (χ0) is 11.6. The van der Waals surface area contributed by atoms with E-state index in [0.29, 0.717) is 17.1 Å². The SMILES string of the molecule is O=C(NCC1(O)CCC1)c1ccccc1Cl. The Bertz CT molecular complexity index is 402. The number of hydrogen-bond donors (Lipinski definition) is 2. The summed E-state index contributed by atoms with van der Waals surface area (Å²) in [5.41, 5.74) is -0.246. The molecule has 1 amide bonds. The molecule has 4 heteroatoms. The molecule has 16 heavy (non-hydrogen) atoms. The van der Waals surface area contributed by atoms with E-state index in [1.807, 2.05) is 0 Å². The van der Waals surface area contributed by atoms with Gasteiger partial charge < -0.3 is 10.4 Å². The first-order chi connectivity index (χ1) is 7.61. The zero-order valence-corrected chi connectivity index (χ0v) is 9.63. The summed E-state index contributed by atoms with van der Waals surface area (Å²) in [4.78, 5) is 11.7. The number of benzene rings is 1. The molecule has 1 saturated carbocycles. The molecule has 0 atom stereocenters. The summed E-state index contributed by atoms with van der Waals surface area (Å²) >= 11 is 5.89. The Morgan fingerprint density at radius 3 is 2.69 bits per heavy atom. The lowest BCUT2D eigenvalue weighted by Gasteiger charge is -2.36. The highest BCUT2D eigenvalue weighted by atomic mass is 35.5. The lowest BCUT2D eigenvalue weighted by molar-refractivity contribution is -0.0300. The number of halogens is 1. The smallest absolute Gasteiger partial charge is 0.252 e. The summed E-state index contributed by atoms with van der Waals surface area (Å²) in [6, 6.07) is 6.88. The van der Waals surface area contributed by atoms with Crippen LogP contribution in [0.3, 0.4) is 0 Å². The second kappa shape index (κ2) is 4.44. The van der Waals surface area contributed by atoms with Crippen LogP contribution in [0, 0.1) is 0 Å². The molecule has 0 aromatic heterocycles. The highest BCUT2D eigenvalue weighted by Gasteiger charge is 2.34. The lowest BCUT2D eigenvalue weighted by Crippen LogP contribution is -2.47. The Morgan fingerprint density at radius 1 is 1.44 bits per heavy atom. The van der Waals surface area contributed by atoms with E-state index in [9.17, 15) is 9.90 Å². The minimum Gasteiger partial charge on any atom is -0.388 e. The molecule has 2 N–H and O–H groups in total. The molecule has 1 aliphatic rings. The summed E-state index contributed by atoms with van der Waals surface area (Å²) in [5.74, 6) is -0.231. The molecule has 0 aliphatic heterocycles. The van der Waals surface area contributed by atoms with E-state index >= 15 is 0 Å². The lowest BCUT2D eigenvalue weighted by atomic mass is 9.80.